The fourth-order valence-electron chi connectivity index (χ4n) is 4.87. The average molecular weight is 483 g/mol. The molecule has 34 heavy (non-hydrogen) atoms. The molecular formula is C26H34N4O3S. The Kier molecular flexibility index (Phi) is 9.10. The number of methoxy groups -OCH3 is 1. The van der Waals surface area contributed by atoms with Gasteiger partial charge < -0.3 is 19.8 Å². The highest BCUT2D eigenvalue weighted by molar-refractivity contribution is 7.99. The zero-order valence-electron chi connectivity index (χ0n) is 19.7. The van der Waals surface area contributed by atoms with Crippen LogP contribution in [0.25, 0.3) is 10.9 Å². The smallest absolute Gasteiger partial charge is 0.119 e. The van der Waals surface area contributed by atoms with Crippen LogP contribution in [-0.2, 0) is 0 Å². The van der Waals surface area contributed by atoms with Crippen LogP contribution in [0, 0.1) is 11.8 Å². The van der Waals surface area contributed by atoms with Gasteiger partial charge in [-0.05, 0) is 92.6 Å². The Bertz CT molecular complexity index is 1040. The number of rotatable bonds is 11. The van der Waals surface area contributed by atoms with Crippen molar-refractivity contribution < 1.29 is 14.9 Å². The Morgan fingerprint density at radius 1 is 1.21 bits per heavy atom. The summed E-state index contributed by atoms with van der Waals surface area (Å²) < 4.78 is 5.36. The van der Waals surface area contributed by atoms with Gasteiger partial charge in [-0.25, -0.2) is 0 Å². The second kappa shape index (κ2) is 12.4. The summed E-state index contributed by atoms with van der Waals surface area (Å²) in [6.45, 7) is 3.19. The average Bonchev–Trinajstić information content (AvgIpc) is 2.89. The standard InChI is InChI=1S/C26H34N4O3S/c1-33-21-6-7-24-23(16-21)22(9-12-27-24)25(32)8-5-19-10-14-30(17-20(19)18-31)13-3-15-34-26-4-2-11-28-29-26/h2,4,6-7,9,11-12,16,19-20,25,31-32H,3,5,8,10,13-15,17-18H2,1H3/t19-,20-,25+/m1/s1. The Balaban J connectivity index is 1.26. The summed E-state index contributed by atoms with van der Waals surface area (Å²) in [5.74, 6) is 2.45. The van der Waals surface area contributed by atoms with Crippen LogP contribution >= 0.6 is 11.8 Å². The molecule has 0 unspecified atom stereocenters. The molecule has 1 aliphatic rings. The van der Waals surface area contributed by atoms with Gasteiger partial charge in [0, 0.05) is 36.7 Å². The molecule has 0 spiro atoms. The molecule has 2 aromatic heterocycles. The number of aliphatic hydroxyl groups is 2. The number of aliphatic hydroxyl groups excluding tert-OH is 2. The second-order valence-corrected chi connectivity index (χ2v) is 10.0. The molecule has 3 aromatic rings. The first-order chi connectivity index (χ1) is 16.7. The predicted molar refractivity (Wildman–Crippen MR) is 135 cm³/mol. The third-order valence-electron chi connectivity index (χ3n) is 6.78. The van der Waals surface area contributed by atoms with Gasteiger partial charge in [0.25, 0.3) is 0 Å². The topological polar surface area (TPSA) is 91.6 Å². The van der Waals surface area contributed by atoms with Gasteiger partial charge in [-0.3, -0.25) is 4.98 Å². The molecule has 4 rings (SSSR count). The summed E-state index contributed by atoms with van der Waals surface area (Å²) in [7, 11) is 1.64. The van der Waals surface area contributed by atoms with E-state index in [1.54, 1.807) is 31.3 Å². The minimum Gasteiger partial charge on any atom is -0.497 e. The van der Waals surface area contributed by atoms with Crippen molar-refractivity contribution in [3.8, 4) is 5.75 Å². The van der Waals surface area contributed by atoms with E-state index < -0.39 is 6.10 Å². The first-order valence-electron chi connectivity index (χ1n) is 12.0. The number of pyridine rings is 1. The molecule has 1 aromatic carbocycles. The van der Waals surface area contributed by atoms with Crippen molar-refractivity contribution in [3.05, 3.63) is 54.4 Å². The minimum absolute atomic E-state index is 0.195. The van der Waals surface area contributed by atoms with Crippen molar-refractivity contribution in [2.45, 2.75) is 36.8 Å². The van der Waals surface area contributed by atoms with E-state index in [2.05, 4.69) is 20.1 Å². The van der Waals surface area contributed by atoms with Crippen LogP contribution in [0.4, 0.5) is 0 Å². The lowest BCUT2D eigenvalue weighted by atomic mass is 9.81. The van der Waals surface area contributed by atoms with Crippen molar-refractivity contribution >= 4 is 22.7 Å². The summed E-state index contributed by atoms with van der Waals surface area (Å²) in [4.78, 5) is 6.88. The van der Waals surface area contributed by atoms with Crippen molar-refractivity contribution in [1.82, 2.24) is 20.1 Å². The van der Waals surface area contributed by atoms with Gasteiger partial charge in [-0.2, -0.15) is 5.10 Å². The van der Waals surface area contributed by atoms with Crippen LogP contribution in [0.15, 0.2) is 53.8 Å². The Morgan fingerprint density at radius 2 is 2.12 bits per heavy atom. The lowest BCUT2D eigenvalue weighted by Crippen LogP contribution is -2.42. The Labute approximate surface area is 205 Å². The van der Waals surface area contributed by atoms with E-state index in [1.807, 2.05) is 36.4 Å². The van der Waals surface area contributed by atoms with E-state index in [4.69, 9.17) is 4.74 Å². The van der Waals surface area contributed by atoms with E-state index >= 15 is 0 Å². The van der Waals surface area contributed by atoms with Crippen molar-refractivity contribution in [2.24, 2.45) is 11.8 Å². The highest BCUT2D eigenvalue weighted by Gasteiger charge is 2.29. The number of nitrogens with zero attached hydrogens (tertiary/aromatic N) is 4. The number of fused-ring (bicyclic) bond motifs is 1. The number of aromatic nitrogens is 3. The zero-order valence-corrected chi connectivity index (χ0v) is 20.5. The lowest BCUT2D eigenvalue weighted by molar-refractivity contribution is 0.0581. The van der Waals surface area contributed by atoms with Gasteiger partial charge in [0.05, 0.1) is 18.7 Å². The summed E-state index contributed by atoms with van der Waals surface area (Å²) in [5, 5.41) is 31.0. The lowest BCUT2D eigenvalue weighted by Gasteiger charge is -2.38. The van der Waals surface area contributed by atoms with E-state index in [0.717, 1.165) is 71.9 Å². The summed E-state index contributed by atoms with van der Waals surface area (Å²) in [6, 6.07) is 11.6. The number of ether oxygens (including phenoxy) is 1. The van der Waals surface area contributed by atoms with Crippen molar-refractivity contribution in [3.63, 3.8) is 0 Å². The van der Waals surface area contributed by atoms with Crippen LogP contribution in [0.2, 0.25) is 0 Å². The Hall–Kier alpha value is -2.26. The van der Waals surface area contributed by atoms with Gasteiger partial charge in [0.15, 0.2) is 0 Å². The number of likely N-dealkylation sites (tertiary alicyclic amines) is 1. The van der Waals surface area contributed by atoms with E-state index in [1.165, 1.54) is 0 Å². The molecule has 0 radical (unpaired) electrons. The molecule has 2 N–H and O–H groups in total. The van der Waals surface area contributed by atoms with E-state index in [-0.39, 0.29) is 12.5 Å². The van der Waals surface area contributed by atoms with Gasteiger partial charge in [-0.1, -0.05) is 0 Å². The molecule has 3 atom stereocenters. The largest absolute Gasteiger partial charge is 0.497 e. The molecule has 8 heteroatoms. The monoisotopic (exact) mass is 482 g/mol. The fourth-order valence-corrected chi connectivity index (χ4v) is 5.63. The highest BCUT2D eigenvalue weighted by atomic mass is 32.2. The zero-order chi connectivity index (χ0) is 23.8. The number of thioether (sulfide) groups is 1. The number of piperidine rings is 1. The van der Waals surface area contributed by atoms with Gasteiger partial charge >= 0.3 is 0 Å². The highest BCUT2D eigenvalue weighted by Crippen LogP contribution is 2.33. The fraction of sp³-hybridized carbons (Fsp3) is 0.500. The summed E-state index contributed by atoms with van der Waals surface area (Å²) in [5.41, 5.74) is 1.75. The molecule has 0 saturated carbocycles. The van der Waals surface area contributed by atoms with Crippen LogP contribution in [0.1, 0.15) is 37.4 Å². The molecule has 7 nitrogen and oxygen atoms in total. The maximum atomic E-state index is 11.0. The SMILES string of the molecule is COc1ccc2nccc([C@@H](O)CC[C@@H]3CCN(CCCSc4cccnn4)C[C@@H]3CO)c2c1. The molecular weight excluding hydrogens is 448 g/mol. The molecule has 1 saturated heterocycles. The van der Waals surface area contributed by atoms with Crippen LogP contribution in [0.5, 0.6) is 5.75 Å². The van der Waals surface area contributed by atoms with Crippen molar-refractivity contribution in [2.75, 3.05) is 39.1 Å². The third kappa shape index (κ3) is 6.44. The van der Waals surface area contributed by atoms with Gasteiger partial charge in [0.1, 0.15) is 10.8 Å². The van der Waals surface area contributed by atoms with Crippen LogP contribution in [-0.4, -0.2) is 69.4 Å². The van der Waals surface area contributed by atoms with Gasteiger partial charge in [-0.15, -0.1) is 16.9 Å². The first-order valence-corrected chi connectivity index (χ1v) is 13.0. The minimum atomic E-state index is -0.562. The normalized spacial score (nSPS) is 19.9. The maximum Gasteiger partial charge on any atom is 0.119 e. The molecule has 0 bridgehead atoms. The molecule has 1 fully saturated rings. The molecule has 1 aliphatic heterocycles. The first kappa shape index (κ1) is 24.9. The molecule has 0 aliphatic carbocycles. The van der Waals surface area contributed by atoms with Crippen molar-refractivity contribution in [1.29, 1.82) is 0 Å². The number of hydrogen-bond acceptors (Lipinski definition) is 8. The summed E-state index contributed by atoms with van der Waals surface area (Å²) >= 11 is 1.74. The molecule has 0 amide bonds. The van der Waals surface area contributed by atoms with Crippen LogP contribution < -0.4 is 4.74 Å². The summed E-state index contributed by atoms with van der Waals surface area (Å²) in [6.07, 6.45) is 6.60. The second-order valence-electron chi connectivity index (χ2n) is 8.93. The Morgan fingerprint density at radius 3 is 2.91 bits per heavy atom. The quantitative estimate of drug-likeness (QED) is 0.313. The van der Waals surface area contributed by atoms with E-state index in [9.17, 15) is 10.2 Å². The van der Waals surface area contributed by atoms with E-state index in [0.29, 0.717) is 12.3 Å². The molecule has 3 heterocycles. The third-order valence-corrected chi connectivity index (χ3v) is 7.79. The number of benzene rings is 1. The molecule has 182 valence electrons. The number of hydrogen-bond donors (Lipinski definition) is 2. The predicted octanol–water partition coefficient (Wildman–Crippen LogP) is 3.96. The maximum absolute atomic E-state index is 11.0. The van der Waals surface area contributed by atoms with Crippen LogP contribution in [0.3, 0.4) is 0 Å². The van der Waals surface area contributed by atoms with Gasteiger partial charge in [0.2, 0.25) is 0 Å².